The SMILES string of the molecule is CC[C@@H](C)c1ccccc1NC(=O)[C@@H](C)OC(=O)COc1ccc([N+](=O)[O-])cc1. The summed E-state index contributed by atoms with van der Waals surface area (Å²) in [5.74, 6) is -0.600. The molecule has 2 aromatic carbocycles. The van der Waals surface area contributed by atoms with Gasteiger partial charge in [-0.25, -0.2) is 4.79 Å². The Balaban J connectivity index is 1.87. The maximum atomic E-state index is 12.4. The quantitative estimate of drug-likeness (QED) is 0.386. The molecule has 0 unspecified atom stereocenters. The van der Waals surface area contributed by atoms with Crippen molar-refractivity contribution in [2.75, 3.05) is 11.9 Å². The van der Waals surface area contributed by atoms with Crippen LogP contribution >= 0.6 is 0 Å². The zero-order chi connectivity index (χ0) is 21.4. The zero-order valence-corrected chi connectivity index (χ0v) is 16.6. The first-order valence-electron chi connectivity index (χ1n) is 9.28. The first-order valence-corrected chi connectivity index (χ1v) is 9.28. The second-order valence-electron chi connectivity index (χ2n) is 6.56. The molecule has 1 amide bonds. The normalized spacial score (nSPS) is 12.5. The van der Waals surface area contributed by atoms with Crippen LogP contribution in [0.5, 0.6) is 5.75 Å². The maximum absolute atomic E-state index is 12.4. The number of carbonyl (C=O) groups excluding carboxylic acids is 2. The Morgan fingerprint density at radius 3 is 2.38 bits per heavy atom. The number of non-ortho nitro benzene ring substituents is 1. The number of ether oxygens (including phenoxy) is 2. The minimum absolute atomic E-state index is 0.0807. The number of nitro groups is 1. The summed E-state index contributed by atoms with van der Waals surface area (Å²) in [4.78, 5) is 34.4. The lowest BCUT2D eigenvalue weighted by Crippen LogP contribution is -2.32. The summed E-state index contributed by atoms with van der Waals surface area (Å²) in [7, 11) is 0. The second-order valence-corrected chi connectivity index (χ2v) is 6.56. The van der Waals surface area contributed by atoms with Gasteiger partial charge in [0.1, 0.15) is 5.75 Å². The number of nitrogens with zero attached hydrogens (tertiary/aromatic N) is 1. The van der Waals surface area contributed by atoms with Crippen LogP contribution in [-0.2, 0) is 14.3 Å². The van der Waals surface area contributed by atoms with Crippen molar-refractivity contribution >= 4 is 23.3 Å². The van der Waals surface area contributed by atoms with E-state index in [1.165, 1.54) is 31.2 Å². The van der Waals surface area contributed by atoms with Crippen LogP contribution in [-0.4, -0.2) is 29.5 Å². The van der Waals surface area contributed by atoms with Crippen molar-refractivity contribution in [3.8, 4) is 5.75 Å². The molecule has 0 aliphatic carbocycles. The van der Waals surface area contributed by atoms with Crippen LogP contribution in [0.2, 0.25) is 0 Å². The Labute approximate surface area is 169 Å². The van der Waals surface area contributed by atoms with Gasteiger partial charge >= 0.3 is 5.97 Å². The monoisotopic (exact) mass is 400 g/mol. The van der Waals surface area contributed by atoms with Gasteiger partial charge in [0.05, 0.1) is 4.92 Å². The number of nitro benzene ring substituents is 1. The van der Waals surface area contributed by atoms with Gasteiger partial charge in [0, 0.05) is 17.8 Å². The third kappa shape index (κ3) is 6.31. The van der Waals surface area contributed by atoms with Gasteiger partial charge in [0.15, 0.2) is 12.7 Å². The highest BCUT2D eigenvalue weighted by Gasteiger charge is 2.20. The molecule has 1 N–H and O–H groups in total. The number of para-hydroxylation sites is 1. The predicted molar refractivity (Wildman–Crippen MR) is 108 cm³/mol. The highest BCUT2D eigenvalue weighted by atomic mass is 16.6. The molecular formula is C21H24N2O6. The maximum Gasteiger partial charge on any atom is 0.344 e. The Bertz CT molecular complexity index is 866. The fourth-order valence-corrected chi connectivity index (χ4v) is 2.59. The molecule has 0 radical (unpaired) electrons. The van der Waals surface area contributed by atoms with Crippen molar-refractivity contribution < 1.29 is 24.0 Å². The molecule has 0 heterocycles. The van der Waals surface area contributed by atoms with Crippen LogP contribution in [0.1, 0.15) is 38.7 Å². The van der Waals surface area contributed by atoms with Crippen LogP contribution in [0.4, 0.5) is 11.4 Å². The van der Waals surface area contributed by atoms with E-state index in [-0.39, 0.29) is 17.4 Å². The second kappa shape index (κ2) is 10.2. The number of carbonyl (C=O) groups is 2. The summed E-state index contributed by atoms with van der Waals surface area (Å²) < 4.78 is 10.3. The largest absolute Gasteiger partial charge is 0.482 e. The van der Waals surface area contributed by atoms with Crippen molar-refractivity contribution in [3.05, 3.63) is 64.2 Å². The first kappa shape index (κ1) is 21.9. The van der Waals surface area contributed by atoms with E-state index in [0.717, 1.165) is 12.0 Å². The Morgan fingerprint density at radius 2 is 1.76 bits per heavy atom. The van der Waals surface area contributed by atoms with E-state index in [1.54, 1.807) is 0 Å². The number of rotatable bonds is 9. The van der Waals surface area contributed by atoms with E-state index in [9.17, 15) is 19.7 Å². The van der Waals surface area contributed by atoms with Gasteiger partial charge in [0.2, 0.25) is 0 Å². The molecule has 154 valence electrons. The molecule has 2 aromatic rings. The summed E-state index contributed by atoms with van der Waals surface area (Å²) in [6, 6.07) is 12.8. The molecule has 0 spiro atoms. The lowest BCUT2D eigenvalue weighted by atomic mass is 9.97. The minimum atomic E-state index is -1.01. The molecule has 0 aromatic heterocycles. The highest BCUT2D eigenvalue weighted by molar-refractivity contribution is 5.95. The van der Waals surface area contributed by atoms with Crippen molar-refractivity contribution in [2.24, 2.45) is 0 Å². The van der Waals surface area contributed by atoms with Crippen LogP contribution in [0.25, 0.3) is 0 Å². The van der Waals surface area contributed by atoms with Crippen molar-refractivity contribution in [1.82, 2.24) is 0 Å². The number of nitrogens with one attached hydrogen (secondary N) is 1. The molecule has 2 rings (SSSR count). The van der Waals surface area contributed by atoms with E-state index in [4.69, 9.17) is 9.47 Å². The molecular weight excluding hydrogens is 376 g/mol. The van der Waals surface area contributed by atoms with E-state index in [0.29, 0.717) is 5.69 Å². The van der Waals surface area contributed by atoms with Crippen molar-refractivity contribution in [3.63, 3.8) is 0 Å². The standard InChI is InChI=1S/C21H24N2O6/c1-4-14(2)18-7-5-6-8-19(18)22-21(25)15(3)29-20(24)13-28-17-11-9-16(10-12-17)23(26)27/h5-12,14-15H,4,13H2,1-3H3,(H,22,25)/t14-,15-/m1/s1. The zero-order valence-electron chi connectivity index (χ0n) is 16.6. The van der Waals surface area contributed by atoms with Crippen LogP contribution in [0.3, 0.4) is 0 Å². The third-order valence-corrected chi connectivity index (χ3v) is 4.44. The van der Waals surface area contributed by atoms with Crippen molar-refractivity contribution in [1.29, 1.82) is 0 Å². The summed E-state index contributed by atoms with van der Waals surface area (Å²) in [5, 5.41) is 13.4. The van der Waals surface area contributed by atoms with E-state index < -0.39 is 29.5 Å². The molecule has 8 heteroatoms. The molecule has 29 heavy (non-hydrogen) atoms. The average molecular weight is 400 g/mol. The summed E-state index contributed by atoms with van der Waals surface area (Å²) >= 11 is 0. The summed E-state index contributed by atoms with van der Waals surface area (Å²) in [5.41, 5.74) is 1.63. The predicted octanol–water partition coefficient (Wildman–Crippen LogP) is 4.06. The van der Waals surface area contributed by atoms with Gasteiger partial charge in [-0.2, -0.15) is 0 Å². The molecule has 0 saturated heterocycles. The van der Waals surface area contributed by atoms with Crippen LogP contribution in [0, 0.1) is 10.1 Å². The fourth-order valence-electron chi connectivity index (χ4n) is 2.59. The molecule has 0 aliphatic heterocycles. The number of benzene rings is 2. The Morgan fingerprint density at radius 1 is 1.10 bits per heavy atom. The fraction of sp³-hybridized carbons (Fsp3) is 0.333. The van der Waals surface area contributed by atoms with Gasteiger partial charge < -0.3 is 14.8 Å². The number of hydrogen-bond acceptors (Lipinski definition) is 6. The molecule has 2 atom stereocenters. The van der Waals surface area contributed by atoms with Crippen molar-refractivity contribution in [2.45, 2.75) is 39.2 Å². The van der Waals surface area contributed by atoms with E-state index >= 15 is 0 Å². The van der Waals surface area contributed by atoms with Crippen LogP contribution in [0.15, 0.2) is 48.5 Å². The van der Waals surface area contributed by atoms with E-state index in [2.05, 4.69) is 19.2 Å². The van der Waals surface area contributed by atoms with Gasteiger partial charge in [-0.1, -0.05) is 32.0 Å². The molecule has 0 bridgehead atoms. The Hall–Kier alpha value is -3.42. The smallest absolute Gasteiger partial charge is 0.344 e. The van der Waals surface area contributed by atoms with Gasteiger partial charge in [-0.3, -0.25) is 14.9 Å². The summed E-state index contributed by atoms with van der Waals surface area (Å²) in [6.45, 7) is 5.20. The number of hydrogen-bond donors (Lipinski definition) is 1. The lowest BCUT2D eigenvalue weighted by Gasteiger charge is -2.18. The topological polar surface area (TPSA) is 108 Å². The minimum Gasteiger partial charge on any atom is -0.482 e. The molecule has 0 saturated carbocycles. The lowest BCUT2D eigenvalue weighted by molar-refractivity contribution is -0.384. The molecule has 8 nitrogen and oxygen atoms in total. The number of amides is 1. The van der Waals surface area contributed by atoms with Gasteiger partial charge in [-0.15, -0.1) is 0 Å². The molecule has 0 fully saturated rings. The third-order valence-electron chi connectivity index (χ3n) is 4.44. The first-order chi connectivity index (χ1) is 13.8. The summed E-state index contributed by atoms with van der Waals surface area (Å²) in [6.07, 6.45) is -0.0785. The number of anilines is 1. The molecule has 0 aliphatic rings. The number of esters is 1. The van der Waals surface area contributed by atoms with Gasteiger partial charge in [-0.05, 0) is 43.0 Å². The Kier molecular flexibility index (Phi) is 7.70. The highest BCUT2D eigenvalue weighted by Crippen LogP contribution is 2.26. The average Bonchev–Trinajstić information content (AvgIpc) is 2.72. The van der Waals surface area contributed by atoms with Crippen LogP contribution < -0.4 is 10.1 Å². The van der Waals surface area contributed by atoms with E-state index in [1.807, 2.05) is 24.3 Å². The van der Waals surface area contributed by atoms with Gasteiger partial charge in [0.25, 0.3) is 11.6 Å².